The third kappa shape index (κ3) is 2.95. The summed E-state index contributed by atoms with van der Waals surface area (Å²) in [7, 11) is 0. The van der Waals surface area contributed by atoms with Gasteiger partial charge in [0.25, 0.3) is 5.91 Å². The Morgan fingerprint density at radius 2 is 2.14 bits per heavy atom. The van der Waals surface area contributed by atoms with Crippen LogP contribution in [0.5, 0.6) is 0 Å². The van der Waals surface area contributed by atoms with Crippen LogP contribution in [0.25, 0.3) is 0 Å². The van der Waals surface area contributed by atoms with Gasteiger partial charge in [-0.2, -0.15) is 0 Å². The third-order valence-electron chi connectivity index (χ3n) is 4.86. The highest BCUT2D eigenvalue weighted by atomic mass is 19.1. The summed E-state index contributed by atoms with van der Waals surface area (Å²) in [6.45, 7) is 5.44. The summed E-state index contributed by atoms with van der Waals surface area (Å²) >= 11 is 0. The fourth-order valence-electron chi connectivity index (χ4n) is 3.73. The number of piperidine rings is 2. The molecule has 0 radical (unpaired) electrons. The van der Waals surface area contributed by atoms with Gasteiger partial charge in [-0.25, -0.2) is 4.39 Å². The molecule has 0 saturated carbocycles. The SMILES string of the molecule is Cc1ccc(F)c(C(=O)N2CCCC3(CCCNC3)C2)c1. The Bertz CT molecular complexity index is 532. The van der Waals surface area contributed by atoms with Crippen molar-refractivity contribution in [2.24, 2.45) is 5.41 Å². The molecule has 1 aromatic rings. The first-order valence-electron chi connectivity index (χ1n) is 7.86. The number of likely N-dealkylation sites (tertiary alicyclic amines) is 1. The number of carbonyl (C=O) groups excluding carboxylic acids is 1. The molecule has 0 aliphatic carbocycles. The molecule has 1 atom stereocenters. The Balaban J connectivity index is 1.79. The number of benzene rings is 1. The molecular weight excluding hydrogens is 267 g/mol. The van der Waals surface area contributed by atoms with Gasteiger partial charge in [-0.3, -0.25) is 4.79 Å². The van der Waals surface area contributed by atoms with E-state index in [9.17, 15) is 9.18 Å². The van der Waals surface area contributed by atoms with Gasteiger partial charge in [0.1, 0.15) is 5.82 Å². The van der Waals surface area contributed by atoms with Crippen LogP contribution < -0.4 is 5.32 Å². The van der Waals surface area contributed by atoms with Crippen molar-refractivity contribution in [3.8, 4) is 0 Å². The van der Waals surface area contributed by atoms with Gasteiger partial charge >= 0.3 is 0 Å². The van der Waals surface area contributed by atoms with Crippen LogP contribution in [0, 0.1) is 18.2 Å². The fraction of sp³-hybridized carbons (Fsp3) is 0.588. The molecule has 2 saturated heterocycles. The lowest BCUT2D eigenvalue weighted by molar-refractivity contribution is 0.0430. The Labute approximate surface area is 125 Å². The molecule has 1 N–H and O–H groups in total. The first-order chi connectivity index (χ1) is 10.1. The minimum absolute atomic E-state index is 0.152. The van der Waals surface area contributed by atoms with Gasteiger partial charge < -0.3 is 10.2 Å². The standard InChI is InChI=1S/C17H23FN2O/c1-13-4-5-15(18)14(10-13)16(21)20-9-3-7-17(12-20)6-2-8-19-11-17/h4-5,10,19H,2-3,6-9,11-12H2,1H3. The highest BCUT2D eigenvalue weighted by molar-refractivity contribution is 5.94. The number of hydrogen-bond acceptors (Lipinski definition) is 2. The molecule has 4 heteroatoms. The van der Waals surface area contributed by atoms with E-state index >= 15 is 0 Å². The Hall–Kier alpha value is -1.42. The molecular formula is C17H23FN2O. The topological polar surface area (TPSA) is 32.3 Å². The van der Waals surface area contributed by atoms with Gasteiger partial charge in [-0.1, -0.05) is 11.6 Å². The van der Waals surface area contributed by atoms with Crippen LogP contribution in [-0.4, -0.2) is 37.0 Å². The molecule has 21 heavy (non-hydrogen) atoms. The van der Waals surface area contributed by atoms with Crippen molar-refractivity contribution < 1.29 is 9.18 Å². The van der Waals surface area contributed by atoms with E-state index in [1.165, 1.54) is 25.3 Å². The first-order valence-corrected chi connectivity index (χ1v) is 7.86. The van der Waals surface area contributed by atoms with E-state index in [1.54, 1.807) is 12.1 Å². The smallest absolute Gasteiger partial charge is 0.256 e. The number of halogens is 1. The molecule has 114 valence electrons. The summed E-state index contributed by atoms with van der Waals surface area (Å²) in [5.74, 6) is -0.562. The fourth-order valence-corrected chi connectivity index (χ4v) is 3.73. The molecule has 2 aliphatic heterocycles. The Kier molecular flexibility index (Phi) is 3.98. The molecule has 1 unspecified atom stereocenters. The van der Waals surface area contributed by atoms with Crippen LogP contribution in [-0.2, 0) is 0 Å². The lowest BCUT2D eigenvalue weighted by atomic mass is 9.74. The van der Waals surface area contributed by atoms with E-state index in [0.717, 1.165) is 38.2 Å². The number of rotatable bonds is 1. The van der Waals surface area contributed by atoms with E-state index in [-0.39, 0.29) is 16.9 Å². The molecule has 1 spiro atoms. The second kappa shape index (κ2) is 5.76. The summed E-state index contributed by atoms with van der Waals surface area (Å²) in [4.78, 5) is 14.5. The van der Waals surface area contributed by atoms with E-state index in [1.807, 2.05) is 11.8 Å². The third-order valence-corrected chi connectivity index (χ3v) is 4.86. The normalized spacial score (nSPS) is 26.1. The van der Waals surface area contributed by atoms with Crippen molar-refractivity contribution in [2.75, 3.05) is 26.2 Å². The maximum atomic E-state index is 13.9. The molecule has 2 heterocycles. The summed E-state index contributed by atoms with van der Waals surface area (Å²) in [5.41, 5.74) is 1.34. The van der Waals surface area contributed by atoms with Crippen LogP contribution in [0.1, 0.15) is 41.6 Å². The maximum Gasteiger partial charge on any atom is 0.256 e. The predicted octanol–water partition coefficient (Wildman–Crippen LogP) is 2.74. The van der Waals surface area contributed by atoms with Crippen LogP contribution in [0.4, 0.5) is 4.39 Å². The first kappa shape index (κ1) is 14.5. The molecule has 0 aromatic heterocycles. The van der Waals surface area contributed by atoms with Crippen molar-refractivity contribution in [2.45, 2.75) is 32.6 Å². The average molecular weight is 290 g/mol. The Morgan fingerprint density at radius 1 is 1.33 bits per heavy atom. The van der Waals surface area contributed by atoms with Gasteiger partial charge in [-0.15, -0.1) is 0 Å². The summed E-state index contributed by atoms with van der Waals surface area (Å²) in [6, 6.07) is 4.76. The minimum Gasteiger partial charge on any atom is -0.338 e. The zero-order valence-electron chi connectivity index (χ0n) is 12.6. The molecule has 1 amide bonds. The Morgan fingerprint density at radius 3 is 2.90 bits per heavy atom. The van der Waals surface area contributed by atoms with Crippen molar-refractivity contribution in [1.29, 1.82) is 0 Å². The maximum absolute atomic E-state index is 13.9. The van der Waals surface area contributed by atoms with Crippen molar-refractivity contribution in [3.63, 3.8) is 0 Å². The highest BCUT2D eigenvalue weighted by Crippen LogP contribution is 2.36. The summed E-state index contributed by atoms with van der Waals surface area (Å²) < 4.78 is 13.9. The molecule has 3 nitrogen and oxygen atoms in total. The number of amides is 1. The summed E-state index contributed by atoms with van der Waals surface area (Å²) in [5, 5.41) is 3.45. The van der Waals surface area contributed by atoms with Crippen LogP contribution in [0.2, 0.25) is 0 Å². The van der Waals surface area contributed by atoms with E-state index in [4.69, 9.17) is 0 Å². The summed E-state index contributed by atoms with van der Waals surface area (Å²) in [6.07, 6.45) is 4.52. The lowest BCUT2D eigenvalue weighted by Crippen LogP contribution is -2.52. The molecule has 0 bridgehead atoms. The van der Waals surface area contributed by atoms with Crippen molar-refractivity contribution in [1.82, 2.24) is 10.2 Å². The zero-order chi connectivity index (χ0) is 14.9. The molecule has 2 fully saturated rings. The number of nitrogens with zero attached hydrogens (tertiary/aromatic N) is 1. The largest absolute Gasteiger partial charge is 0.338 e. The zero-order valence-corrected chi connectivity index (χ0v) is 12.6. The van der Waals surface area contributed by atoms with Crippen LogP contribution in [0.15, 0.2) is 18.2 Å². The van der Waals surface area contributed by atoms with Crippen molar-refractivity contribution >= 4 is 5.91 Å². The van der Waals surface area contributed by atoms with Gasteiger partial charge in [0.05, 0.1) is 5.56 Å². The minimum atomic E-state index is -0.410. The highest BCUT2D eigenvalue weighted by Gasteiger charge is 2.38. The predicted molar refractivity (Wildman–Crippen MR) is 80.8 cm³/mol. The second-order valence-electron chi connectivity index (χ2n) is 6.59. The second-order valence-corrected chi connectivity index (χ2v) is 6.59. The number of nitrogens with one attached hydrogen (secondary N) is 1. The van der Waals surface area contributed by atoms with Gasteiger partial charge in [0, 0.05) is 25.0 Å². The monoisotopic (exact) mass is 290 g/mol. The van der Waals surface area contributed by atoms with E-state index < -0.39 is 5.82 Å². The van der Waals surface area contributed by atoms with Crippen molar-refractivity contribution in [3.05, 3.63) is 35.1 Å². The van der Waals surface area contributed by atoms with Gasteiger partial charge in [-0.05, 0) is 51.3 Å². The quantitative estimate of drug-likeness (QED) is 0.862. The lowest BCUT2D eigenvalue weighted by Gasteiger charge is -2.45. The van der Waals surface area contributed by atoms with Crippen LogP contribution >= 0.6 is 0 Å². The molecule has 3 rings (SSSR count). The average Bonchev–Trinajstić information content (AvgIpc) is 2.50. The molecule has 2 aliphatic rings. The number of hydrogen-bond donors (Lipinski definition) is 1. The van der Waals surface area contributed by atoms with Gasteiger partial charge in [0.15, 0.2) is 0 Å². The van der Waals surface area contributed by atoms with E-state index in [0.29, 0.717) is 0 Å². The number of carbonyl (C=O) groups is 1. The van der Waals surface area contributed by atoms with Crippen LogP contribution in [0.3, 0.4) is 0 Å². The van der Waals surface area contributed by atoms with E-state index in [2.05, 4.69) is 5.32 Å². The molecule has 1 aromatic carbocycles. The number of aryl methyl sites for hydroxylation is 1. The van der Waals surface area contributed by atoms with Gasteiger partial charge in [0.2, 0.25) is 0 Å².